The number of ether oxygens (including phenoxy) is 1. The minimum Gasteiger partial charge on any atom is -0.459 e. The molecule has 1 heterocycles. The first-order chi connectivity index (χ1) is 19.0. The van der Waals surface area contributed by atoms with Crippen LogP contribution in [-0.4, -0.2) is 38.0 Å². The predicted octanol–water partition coefficient (Wildman–Crippen LogP) is 4.69. The molecule has 210 valence electrons. The second-order valence-corrected chi connectivity index (χ2v) is 12.7. The summed E-state index contributed by atoms with van der Waals surface area (Å²) in [4.78, 5) is 26.8. The molecule has 8 heteroatoms. The van der Waals surface area contributed by atoms with Crippen LogP contribution in [0.15, 0.2) is 101 Å². The first-order valence-electron chi connectivity index (χ1n) is 13.4. The lowest BCUT2D eigenvalue weighted by Gasteiger charge is -2.33. The van der Waals surface area contributed by atoms with Gasteiger partial charge in [0.15, 0.2) is 9.84 Å². The monoisotopic (exact) mass is 560 g/mol. The number of sulfone groups is 1. The van der Waals surface area contributed by atoms with Gasteiger partial charge in [-0.25, -0.2) is 13.2 Å². The van der Waals surface area contributed by atoms with E-state index in [4.69, 9.17) is 4.74 Å². The van der Waals surface area contributed by atoms with Gasteiger partial charge >= 0.3 is 5.97 Å². The van der Waals surface area contributed by atoms with Crippen LogP contribution in [0.3, 0.4) is 0 Å². The molecule has 3 aromatic rings. The molecule has 2 N–H and O–H groups in total. The minimum atomic E-state index is -3.69. The van der Waals surface area contributed by atoms with Gasteiger partial charge in [-0.15, -0.1) is 0 Å². The maximum absolute atomic E-state index is 13.6. The Labute approximate surface area is 236 Å². The number of amides is 1. The predicted molar refractivity (Wildman–Crippen MR) is 155 cm³/mol. The molecule has 3 atom stereocenters. The molecule has 4 rings (SSSR count). The van der Waals surface area contributed by atoms with E-state index in [2.05, 4.69) is 10.6 Å². The van der Waals surface area contributed by atoms with E-state index >= 15 is 0 Å². The molecule has 0 saturated heterocycles. The Hall–Kier alpha value is -3.75. The third-order valence-corrected chi connectivity index (χ3v) is 8.04. The number of nitrogens with one attached hydrogen (secondary N) is 2. The molecule has 0 aliphatic carbocycles. The van der Waals surface area contributed by atoms with Crippen molar-refractivity contribution in [1.29, 1.82) is 0 Å². The summed E-state index contributed by atoms with van der Waals surface area (Å²) in [6, 6.07) is 23.4. The number of carbonyl (C=O) groups is 2. The molecule has 7 nitrogen and oxygen atoms in total. The zero-order chi connectivity index (χ0) is 28.8. The number of benzene rings is 3. The van der Waals surface area contributed by atoms with Crippen molar-refractivity contribution in [3.8, 4) is 0 Å². The highest BCUT2D eigenvalue weighted by molar-refractivity contribution is 7.94. The van der Waals surface area contributed by atoms with E-state index in [9.17, 15) is 18.0 Å². The summed E-state index contributed by atoms with van der Waals surface area (Å²) in [6.07, 6.45) is 3.06. The van der Waals surface area contributed by atoms with E-state index in [-0.39, 0.29) is 10.8 Å². The zero-order valence-corrected chi connectivity index (χ0v) is 23.9. The Morgan fingerprint density at radius 1 is 0.975 bits per heavy atom. The van der Waals surface area contributed by atoms with Crippen molar-refractivity contribution in [2.24, 2.45) is 0 Å². The Morgan fingerprint density at radius 3 is 2.27 bits per heavy atom. The largest absolute Gasteiger partial charge is 0.459 e. The second-order valence-electron chi connectivity index (χ2n) is 10.9. The highest BCUT2D eigenvalue weighted by Crippen LogP contribution is 2.28. The van der Waals surface area contributed by atoms with Crippen molar-refractivity contribution in [1.82, 2.24) is 10.6 Å². The van der Waals surface area contributed by atoms with Gasteiger partial charge in [-0.3, -0.25) is 10.1 Å². The van der Waals surface area contributed by atoms with Crippen LogP contribution < -0.4 is 10.6 Å². The first-order valence-corrected chi connectivity index (χ1v) is 15.0. The van der Waals surface area contributed by atoms with Gasteiger partial charge in [0.25, 0.3) is 0 Å². The Balaban J connectivity index is 1.54. The van der Waals surface area contributed by atoms with Crippen molar-refractivity contribution < 1.29 is 22.7 Å². The van der Waals surface area contributed by atoms with E-state index in [1.165, 1.54) is 18.2 Å². The average molecular weight is 561 g/mol. The summed E-state index contributed by atoms with van der Waals surface area (Å²) in [5, 5.41) is 7.35. The van der Waals surface area contributed by atoms with Crippen molar-refractivity contribution in [2.45, 2.75) is 68.7 Å². The lowest BCUT2D eigenvalue weighted by atomic mass is 9.89. The molecule has 1 aliphatic heterocycles. The fourth-order valence-electron chi connectivity index (χ4n) is 4.65. The quantitative estimate of drug-likeness (QED) is 0.368. The van der Waals surface area contributed by atoms with Crippen LogP contribution in [0, 0.1) is 0 Å². The lowest BCUT2D eigenvalue weighted by Crippen LogP contribution is -2.53. The molecule has 0 aromatic heterocycles. The Bertz CT molecular complexity index is 1450. The maximum atomic E-state index is 13.6. The molecule has 1 amide bonds. The summed E-state index contributed by atoms with van der Waals surface area (Å²) in [7, 11) is -3.69. The molecule has 1 aliphatic rings. The van der Waals surface area contributed by atoms with E-state index < -0.39 is 39.5 Å². The zero-order valence-electron chi connectivity index (χ0n) is 23.0. The lowest BCUT2D eigenvalue weighted by molar-refractivity contribution is -0.158. The molecular weight excluding hydrogens is 524 g/mol. The van der Waals surface area contributed by atoms with Crippen molar-refractivity contribution in [3.05, 3.63) is 113 Å². The smallest absolute Gasteiger partial charge is 0.328 e. The van der Waals surface area contributed by atoms with Crippen molar-refractivity contribution in [2.75, 3.05) is 0 Å². The molecule has 0 saturated carbocycles. The normalized spacial score (nSPS) is 18.1. The van der Waals surface area contributed by atoms with Gasteiger partial charge in [0.05, 0.1) is 10.9 Å². The van der Waals surface area contributed by atoms with Crippen molar-refractivity contribution >= 4 is 21.7 Å². The minimum absolute atomic E-state index is 0.185. The Morgan fingerprint density at radius 2 is 1.60 bits per heavy atom. The van der Waals surface area contributed by atoms with E-state index in [0.717, 1.165) is 22.1 Å². The van der Waals surface area contributed by atoms with Crippen LogP contribution in [0.4, 0.5) is 0 Å². The van der Waals surface area contributed by atoms with Crippen molar-refractivity contribution in [3.63, 3.8) is 0 Å². The molecule has 40 heavy (non-hydrogen) atoms. The van der Waals surface area contributed by atoms with Gasteiger partial charge in [0.2, 0.25) is 5.91 Å². The third kappa shape index (κ3) is 7.90. The van der Waals surface area contributed by atoms with Gasteiger partial charge < -0.3 is 10.1 Å². The summed E-state index contributed by atoms with van der Waals surface area (Å²) in [6.45, 7) is 5.41. The van der Waals surface area contributed by atoms with Crippen LogP contribution in [0.25, 0.3) is 0 Å². The maximum Gasteiger partial charge on any atom is 0.328 e. The van der Waals surface area contributed by atoms with Crippen LogP contribution in [0.1, 0.15) is 49.9 Å². The highest BCUT2D eigenvalue weighted by Gasteiger charge is 2.36. The topological polar surface area (TPSA) is 102 Å². The number of esters is 1. The summed E-state index contributed by atoms with van der Waals surface area (Å²) in [5.74, 6) is -0.769. The number of carbonyl (C=O) groups excluding carboxylic acids is 2. The molecular formula is C32H36N2O5S. The fourth-order valence-corrected chi connectivity index (χ4v) is 5.74. The molecule has 0 radical (unpaired) electrons. The highest BCUT2D eigenvalue weighted by atomic mass is 32.2. The Kier molecular flexibility index (Phi) is 9.22. The average Bonchev–Trinajstić information content (AvgIpc) is 2.94. The molecule has 1 unspecified atom stereocenters. The van der Waals surface area contributed by atoms with Crippen LogP contribution in [0.5, 0.6) is 0 Å². The fraction of sp³-hybridized carbons (Fsp3) is 0.312. The molecule has 0 bridgehead atoms. The number of fused-ring (bicyclic) bond motifs is 1. The van der Waals surface area contributed by atoms with Gasteiger partial charge in [0.1, 0.15) is 11.6 Å². The van der Waals surface area contributed by atoms with Gasteiger partial charge in [-0.1, -0.05) is 78.9 Å². The number of hydrogen-bond donors (Lipinski definition) is 2. The van der Waals surface area contributed by atoms with E-state index in [0.29, 0.717) is 19.3 Å². The van der Waals surface area contributed by atoms with E-state index in [1.807, 2.05) is 54.6 Å². The summed E-state index contributed by atoms with van der Waals surface area (Å²) < 4.78 is 31.4. The second kappa shape index (κ2) is 12.6. The van der Waals surface area contributed by atoms with E-state index in [1.54, 1.807) is 39.0 Å². The third-order valence-electron chi connectivity index (χ3n) is 6.59. The van der Waals surface area contributed by atoms with Gasteiger partial charge in [0, 0.05) is 11.4 Å². The van der Waals surface area contributed by atoms with Crippen LogP contribution in [-0.2, 0) is 37.0 Å². The summed E-state index contributed by atoms with van der Waals surface area (Å²) >= 11 is 0. The first kappa shape index (κ1) is 29.2. The number of aryl methyl sites for hydroxylation is 1. The van der Waals surface area contributed by atoms with Crippen LogP contribution in [0.2, 0.25) is 0 Å². The molecule has 0 spiro atoms. The van der Waals surface area contributed by atoms with Gasteiger partial charge in [-0.05, 0) is 68.9 Å². The number of rotatable bonds is 9. The van der Waals surface area contributed by atoms with Crippen LogP contribution >= 0.6 is 0 Å². The standard InChI is InChI=1S/C32H36N2O5S/c1-32(2,3)39-31(36)29-27-17-11-10-14-24(27)22-28(34-29)30(35)33-25(19-18-23-12-6-4-7-13-23)20-21-40(37,38)26-15-8-5-9-16-26/h4-17,20-21,25,28-29,34H,18-19,22H2,1-3H3,(H,33,35)/b21-20+/t25?,28-,29-/m0/s1. The SMILES string of the molecule is CC(C)(C)OC(=O)[C@H]1N[C@H](C(=O)NC(/C=C/S(=O)(=O)c2ccccc2)CCc2ccccc2)Cc2ccccc21. The molecule has 0 fully saturated rings. The van der Waals surface area contributed by atoms with Gasteiger partial charge in [-0.2, -0.15) is 0 Å². The molecule has 3 aromatic carbocycles. The summed E-state index contributed by atoms with van der Waals surface area (Å²) in [5.41, 5.74) is 2.08. The number of hydrogen-bond acceptors (Lipinski definition) is 6.